The minimum Gasteiger partial charge on any atom is -0.392 e. The molecule has 1 aromatic heterocycles. The highest BCUT2D eigenvalue weighted by atomic mass is 16.3. The molecule has 0 bridgehead atoms. The molecule has 0 spiro atoms. The average Bonchev–Trinajstić information content (AvgIpc) is 2.88. The molecule has 0 saturated heterocycles. The first-order chi connectivity index (χ1) is 7.77. The molecule has 1 aliphatic carbocycles. The van der Waals surface area contributed by atoms with Gasteiger partial charge >= 0.3 is 0 Å². The van der Waals surface area contributed by atoms with Gasteiger partial charge in [-0.3, -0.25) is 4.79 Å². The van der Waals surface area contributed by atoms with Gasteiger partial charge in [0.2, 0.25) is 5.91 Å². The molecule has 1 heterocycles. The Hall–Kier alpha value is -1.29. The molecule has 4 nitrogen and oxygen atoms in total. The molecule has 2 atom stereocenters. The lowest BCUT2D eigenvalue weighted by molar-refractivity contribution is -0.127. The Bertz CT molecular complexity index is 335. The molecule has 16 heavy (non-hydrogen) atoms. The van der Waals surface area contributed by atoms with Gasteiger partial charge in [-0.2, -0.15) is 0 Å². The number of aromatic nitrogens is 1. The van der Waals surface area contributed by atoms with Crippen LogP contribution < -0.4 is 5.32 Å². The van der Waals surface area contributed by atoms with E-state index in [1.54, 1.807) is 0 Å². The zero-order valence-corrected chi connectivity index (χ0v) is 9.30. The molecule has 1 aromatic rings. The molecule has 0 radical (unpaired) electrons. The highest BCUT2D eigenvalue weighted by Crippen LogP contribution is 2.25. The fourth-order valence-corrected chi connectivity index (χ4v) is 2.20. The van der Waals surface area contributed by atoms with Crippen LogP contribution in [0.15, 0.2) is 24.5 Å². The van der Waals surface area contributed by atoms with Crippen molar-refractivity contribution in [2.24, 2.45) is 5.92 Å². The van der Waals surface area contributed by atoms with Crippen LogP contribution in [0.4, 0.5) is 0 Å². The molecule has 2 rings (SSSR count). The van der Waals surface area contributed by atoms with Gasteiger partial charge in [0, 0.05) is 25.5 Å². The van der Waals surface area contributed by atoms with E-state index < -0.39 is 6.10 Å². The molecule has 1 fully saturated rings. The maximum Gasteiger partial charge on any atom is 0.225 e. The van der Waals surface area contributed by atoms with Crippen molar-refractivity contribution in [1.29, 1.82) is 0 Å². The molecule has 88 valence electrons. The molecule has 0 aliphatic heterocycles. The predicted octanol–water partition coefficient (Wildman–Crippen LogP) is 0.765. The van der Waals surface area contributed by atoms with Crippen LogP contribution in [0.3, 0.4) is 0 Å². The van der Waals surface area contributed by atoms with Crippen LogP contribution in [0.25, 0.3) is 0 Å². The fraction of sp³-hybridized carbons (Fsp3) is 0.583. The summed E-state index contributed by atoms with van der Waals surface area (Å²) < 4.78 is 2.02. The SMILES string of the molecule is O=C(NCCn1cccc1)C1CCCC1O. The first kappa shape index (κ1) is 11.2. The van der Waals surface area contributed by atoms with E-state index in [1.807, 2.05) is 29.1 Å². The summed E-state index contributed by atoms with van der Waals surface area (Å²) in [5.41, 5.74) is 0. The van der Waals surface area contributed by atoms with Gasteiger partial charge in [-0.05, 0) is 31.4 Å². The van der Waals surface area contributed by atoms with Gasteiger partial charge in [0.1, 0.15) is 0 Å². The lowest BCUT2D eigenvalue weighted by Crippen LogP contribution is -2.36. The number of rotatable bonds is 4. The number of carbonyl (C=O) groups is 1. The van der Waals surface area contributed by atoms with Crippen molar-refractivity contribution in [3.05, 3.63) is 24.5 Å². The maximum absolute atomic E-state index is 11.7. The van der Waals surface area contributed by atoms with Crippen LogP contribution >= 0.6 is 0 Å². The van der Waals surface area contributed by atoms with Gasteiger partial charge in [0.25, 0.3) is 0 Å². The van der Waals surface area contributed by atoms with Crippen molar-refractivity contribution in [2.75, 3.05) is 6.54 Å². The highest BCUT2D eigenvalue weighted by Gasteiger charge is 2.30. The Balaban J connectivity index is 1.71. The summed E-state index contributed by atoms with van der Waals surface area (Å²) in [7, 11) is 0. The Labute approximate surface area is 95.3 Å². The third kappa shape index (κ3) is 2.64. The van der Waals surface area contributed by atoms with Crippen LogP contribution in [0.1, 0.15) is 19.3 Å². The number of carbonyl (C=O) groups excluding carboxylic acids is 1. The summed E-state index contributed by atoms with van der Waals surface area (Å²) in [6.45, 7) is 1.40. The number of aliphatic hydroxyl groups excluding tert-OH is 1. The van der Waals surface area contributed by atoms with E-state index in [2.05, 4.69) is 5.32 Å². The maximum atomic E-state index is 11.7. The van der Waals surface area contributed by atoms with Gasteiger partial charge < -0.3 is 15.0 Å². The second kappa shape index (κ2) is 5.16. The summed E-state index contributed by atoms with van der Waals surface area (Å²) in [5, 5.41) is 12.5. The number of hydrogen-bond donors (Lipinski definition) is 2. The summed E-state index contributed by atoms with van der Waals surface area (Å²) in [5.74, 6) is -0.193. The zero-order valence-electron chi connectivity index (χ0n) is 9.30. The first-order valence-corrected chi connectivity index (χ1v) is 5.84. The second-order valence-corrected chi connectivity index (χ2v) is 4.32. The van der Waals surface area contributed by atoms with Gasteiger partial charge in [-0.25, -0.2) is 0 Å². The Morgan fingerprint density at radius 2 is 2.12 bits per heavy atom. The van der Waals surface area contributed by atoms with Crippen LogP contribution in [0, 0.1) is 5.92 Å². The van der Waals surface area contributed by atoms with Gasteiger partial charge in [-0.1, -0.05) is 0 Å². The van der Waals surface area contributed by atoms with E-state index in [9.17, 15) is 9.90 Å². The molecule has 1 saturated carbocycles. The van der Waals surface area contributed by atoms with Crippen molar-refractivity contribution in [2.45, 2.75) is 31.9 Å². The van der Waals surface area contributed by atoms with E-state index in [0.29, 0.717) is 6.54 Å². The summed E-state index contributed by atoms with van der Waals surface area (Å²) in [4.78, 5) is 11.7. The molecular formula is C12H18N2O2. The van der Waals surface area contributed by atoms with Gasteiger partial charge in [0.05, 0.1) is 12.0 Å². The van der Waals surface area contributed by atoms with E-state index in [1.165, 1.54) is 0 Å². The lowest BCUT2D eigenvalue weighted by Gasteiger charge is -2.14. The molecular weight excluding hydrogens is 204 g/mol. The zero-order chi connectivity index (χ0) is 11.4. The molecule has 1 aliphatic rings. The first-order valence-electron chi connectivity index (χ1n) is 5.84. The second-order valence-electron chi connectivity index (χ2n) is 4.32. The van der Waals surface area contributed by atoms with E-state index in [-0.39, 0.29) is 11.8 Å². The monoisotopic (exact) mass is 222 g/mol. The molecule has 2 unspecified atom stereocenters. The lowest BCUT2D eigenvalue weighted by atomic mass is 10.1. The minimum absolute atomic E-state index is 0.00263. The summed E-state index contributed by atoms with van der Waals surface area (Å²) in [6, 6.07) is 3.92. The van der Waals surface area contributed by atoms with Crippen molar-refractivity contribution < 1.29 is 9.90 Å². The predicted molar refractivity (Wildman–Crippen MR) is 60.8 cm³/mol. The standard InChI is InChI=1S/C12H18N2O2/c15-11-5-3-4-10(11)12(16)13-6-9-14-7-1-2-8-14/h1-2,7-8,10-11,15H,3-6,9H2,(H,13,16). The van der Waals surface area contributed by atoms with E-state index in [0.717, 1.165) is 25.8 Å². The largest absolute Gasteiger partial charge is 0.392 e. The minimum atomic E-state index is -0.438. The van der Waals surface area contributed by atoms with Crippen LogP contribution in [-0.4, -0.2) is 28.2 Å². The quantitative estimate of drug-likeness (QED) is 0.790. The van der Waals surface area contributed by atoms with Crippen LogP contribution in [0.2, 0.25) is 0 Å². The average molecular weight is 222 g/mol. The van der Waals surface area contributed by atoms with Crippen LogP contribution in [0.5, 0.6) is 0 Å². The number of aliphatic hydroxyl groups is 1. The summed E-state index contributed by atoms with van der Waals surface area (Å²) in [6.07, 6.45) is 6.03. The normalized spacial score (nSPS) is 24.6. The topological polar surface area (TPSA) is 54.3 Å². The van der Waals surface area contributed by atoms with Crippen molar-refractivity contribution in [3.8, 4) is 0 Å². The van der Waals surface area contributed by atoms with Crippen molar-refractivity contribution in [3.63, 3.8) is 0 Å². The Morgan fingerprint density at radius 3 is 2.75 bits per heavy atom. The van der Waals surface area contributed by atoms with E-state index in [4.69, 9.17) is 0 Å². The fourth-order valence-electron chi connectivity index (χ4n) is 2.20. The third-order valence-electron chi connectivity index (χ3n) is 3.15. The van der Waals surface area contributed by atoms with Gasteiger partial charge in [0.15, 0.2) is 0 Å². The molecule has 2 N–H and O–H groups in total. The highest BCUT2D eigenvalue weighted by molar-refractivity contribution is 5.79. The number of nitrogens with zero attached hydrogens (tertiary/aromatic N) is 1. The molecule has 0 aromatic carbocycles. The molecule has 4 heteroatoms. The van der Waals surface area contributed by atoms with Crippen LogP contribution in [-0.2, 0) is 11.3 Å². The number of hydrogen-bond acceptors (Lipinski definition) is 2. The van der Waals surface area contributed by atoms with Crippen molar-refractivity contribution in [1.82, 2.24) is 9.88 Å². The number of nitrogens with one attached hydrogen (secondary N) is 1. The third-order valence-corrected chi connectivity index (χ3v) is 3.15. The Kier molecular flexibility index (Phi) is 3.62. The summed E-state index contributed by atoms with van der Waals surface area (Å²) >= 11 is 0. The van der Waals surface area contributed by atoms with Gasteiger partial charge in [-0.15, -0.1) is 0 Å². The smallest absolute Gasteiger partial charge is 0.225 e. The number of amides is 1. The Morgan fingerprint density at radius 1 is 1.38 bits per heavy atom. The molecule has 1 amide bonds. The van der Waals surface area contributed by atoms with E-state index >= 15 is 0 Å². The van der Waals surface area contributed by atoms with Crippen molar-refractivity contribution >= 4 is 5.91 Å².